The summed E-state index contributed by atoms with van der Waals surface area (Å²) in [6, 6.07) is 12.3. The summed E-state index contributed by atoms with van der Waals surface area (Å²) in [4.78, 5) is 0.0979. The lowest BCUT2D eigenvalue weighted by Crippen LogP contribution is -2.30. The van der Waals surface area contributed by atoms with Gasteiger partial charge in [-0.3, -0.25) is 0 Å². The number of hydrogen-bond acceptors (Lipinski definition) is 5. The van der Waals surface area contributed by atoms with Crippen LogP contribution in [0.25, 0.3) is 0 Å². The average molecular weight is 372 g/mol. The van der Waals surface area contributed by atoms with Gasteiger partial charge in [0.2, 0.25) is 10.0 Å². The first-order valence-corrected chi connectivity index (χ1v) is 9.20. The molecule has 1 N–H and O–H groups in total. The molecule has 0 bridgehead atoms. The molecule has 2 rings (SSSR count). The molecular weight excluding hydrogens is 352 g/mol. The minimum absolute atomic E-state index is 0.0345. The third-order valence-electron chi connectivity index (χ3n) is 3.84. The van der Waals surface area contributed by atoms with Gasteiger partial charge in [0.25, 0.3) is 0 Å². The summed E-state index contributed by atoms with van der Waals surface area (Å²) >= 11 is 0. The van der Waals surface area contributed by atoms with Crippen LogP contribution < -0.4 is 14.2 Å². The van der Waals surface area contributed by atoms with E-state index in [9.17, 15) is 13.7 Å². The molecule has 0 saturated carbocycles. The maximum atomic E-state index is 12.8. The predicted molar refractivity (Wildman–Crippen MR) is 98.5 cm³/mol. The van der Waals surface area contributed by atoms with E-state index in [4.69, 9.17) is 9.47 Å². The van der Waals surface area contributed by atoms with Crippen molar-refractivity contribution in [2.45, 2.75) is 17.9 Å². The van der Waals surface area contributed by atoms with E-state index in [-0.39, 0.29) is 10.5 Å². The van der Waals surface area contributed by atoms with Crippen molar-refractivity contribution in [2.75, 3.05) is 14.2 Å². The molecule has 0 unspecified atom stereocenters. The molecule has 2 aromatic carbocycles. The van der Waals surface area contributed by atoms with Crippen LogP contribution in [0.4, 0.5) is 0 Å². The summed E-state index contributed by atoms with van der Waals surface area (Å²) < 4.78 is 38.6. The molecule has 2 aromatic rings. The second kappa shape index (κ2) is 8.04. The molecule has 0 aromatic heterocycles. The molecule has 136 valence electrons. The van der Waals surface area contributed by atoms with Crippen LogP contribution in [-0.2, 0) is 10.0 Å². The smallest absolute Gasteiger partial charge is 0.241 e. The monoisotopic (exact) mass is 372 g/mol. The Morgan fingerprint density at radius 2 is 1.81 bits per heavy atom. The molecule has 0 heterocycles. The summed E-state index contributed by atoms with van der Waals surface area (Å²) in [6.07, 6.45) is 0. The van der Waals surface area contributed by atoms with Crippen LogP contribution in [0.1, 0.15) is 17.2 Å². The first kappa shape index (κ1) is 19.5. The Balaban J connectivity index is 2.51. The first-order chi connectivity index (χ1) is 12.3. The van der Waals surface area contributed by atoms with Gasteiger partial charge in [-0.1, -0.05) is 24.3 Å². The van der Waals surface area contributed by atoms with Crippen molar-refractivity contribution in [1.82, 2.24) is 4.72 Å². The van der Waals surface area contributed by atoms with Crippen molar-refractivity contribution in [2.24, 2.45) is 0 Å². The second-order valence-corrected chi connectivity index (χ2v) is 7.33. The van der Waals surface area contributed by atoms with Crippen LogP contribution in [0.3, 0.4) is 0 Å². The zero-order valence-corrected chi connectivity index (χ0v) is 15.6. The number of nitriles is 1. The van der Waals surface area contributed by atoms with Gasteiger partial charge < -0.3 is 9.47 Å². The third kappa shape index (κ3) is 4.23. The number of hydrogen-bond donors (Lipinski definition) is 1. The Hall–Kier alpha value is -2.82. The van der Waals surface area contributed by atoms with Crippen molar-refractivity contribution in [1.29, 1.82) is 5.26 Å². The van der Waals surface area contributed by atoms with Gasteiger partial charge in [-0.05, 0) is 37.3 Å². The van der Waals surface area contributed by atoms with Crippen molar-refractivity contribution in [3.8, 4) is 17.6 Å². The van der Waals surface area contributed by atoms with Gasteiger partial charge in [0, 0.05) is 11.1 Å². The van der Waals surface area contributed by atoms with E-state index in [1.807, 2.05) is 13.0 Å². The fraction of sp³-hybridized carbons (Fsp3) is 0.211. The minimum atomic E-state index is -3.88. The van der Waals surface area contributed by atoms with E-state index in [1.54, 1.807) is 30.3 Å². The molecule has 0 spiro atoms. The Labute approximate surface area is 153 Å². The van der Waals surface area contributed by atoms with E-state index in [1.165, 1.54) is 26.4 Å². The lowest BCUT2D eigenvalue weighted by Gasteiger charge is -2.21. The summed E-state index contributed by atoms with van der Waals surface area (Å²) in [5, 5.41) is 9.30. The SMILES string of the molecule is C=C(C#N)[C@H](NS(=O)(=O)c1ccc(C)cc1)c1cc(OC)ccc1OC. The standard InChI is InChI=1S/C19H20N2O4S/c1-13-5-8-16(9-6-13)26(22,23)21-19(14(2)12-20)17-11-15(24-3)7-10-18(17)25-4/h5-11,19,21H,2H2,1,3-4H3/t19-/m0/s1. The van der Waals surface area contributed by atoms with E-state index in [2.05, 4.69) is 11.3 Å². The van der Waals surface area contributed by atoms with E-state index < -0.39 is 16.1 Å². The van der Waals surface area contributed by atoms with Crippen LogP contribution in [0.15, 0.2) is 59.5 Å². The quantitative estimate of drug-likeness (QED) is 0.755. The molecule has 0 fully saturated rings. The largest absolute Gasteiger partial charge is 0.497 e. The number of sulfonamides is 1. The lowest BCUT2D eigenvalue weighted by atomic mass is 10.0. The highest BCUT2D eigenvalue weighted by atomic mass is 32.2. The first-order valence-electron chi connectivity index (χ1n) is 7.72. The van der Waals surface area contributed by atoms with Gasteiger partial charge in [0.05, 0.1) is 31.2 Å². The predicted octanol–water partition coefficient (Wildman–Crippen LogP) is 3.11. The summed E-state index contributed by atoms with van der Waals surface area (Å²) in [5.74, 6) is 0.921. The molecule has 6 nitrogen and oxygen atoms in total. The van der Waals surface area contributed by atoms with Gasteiger partial charge in [-0.25, -0.2) is 8.42 Å². The summed E-state index contributed by atoms with van der Waals surface area (Å²) in [7, 11) is -0.922. The average Bonchev–Trinajstić information content (AvgIpc) is 2.65. The lowest BCUT2D eigenvalue weighted by molar-refractivity contribution is 0.396. The van der Waals surface area contributed by atoms with E-state index >= 15 is 0 Å². The molecule has 0 aliphatic rings. The molecule has 26 heavy (non-hydrogen) atoms. The number of ether oxygens (including phenoxy) is 2. The number of benzene rings is 2. The molecule has 0 aliphatic carbocycles. The van der Waals surface area contributed by atoms with Crippen molar-refractivity contribution < 1.29 is 17.9 Å². The normalized spacial score (nSPS) is 12.1. The summed E-state index contributed by atoms with van der Waals surface area (Å²) in [5.41, 5.74) is 1.41. The van der Waals surface area contributed by atoms with Crippen LogP contribution in [-0.4, -0.2) is 22.6 Å². The number of rotatable bonds is 7. The Kier molecular flexibility index (Phi) is 6.03. The second-order valence-electron chi connectivity index (χ2n) is 5.61. The maximum absolute atomic E-state index is 12.8. The van der Waals surface area contributed by atoms with Crippen molar-refractivity contribution >= 4 is 10.0 Å². The van der Waals surface area contributed by atoms with E-state index in [0.717, 1.165) is 5.56 Å². The highest BCUT2D eigenvalue weighted by Gasteiger charge is 2.26. The van der Waals surface area contributed by atoms with Gasteiger partial charge in [0.1, 0.15) is 11.5 Å². The zero-order chi connectivity index (χ0) is 19.3. The molecule has 0 radical (unpaired) electrons. The van der Waals surface area contributed by atoms with Gasteiger partial charge in [0.15, 0.2) is 0 Å². The minimum Gasteiger partial charge on any atom is -0.497 e. The Bertz CT molecular complexity index is 944. The fourth-order valence-corrected chi connectivity index (χ4v) is 3.60. The number of nitrogens with one attached hydrogen (secondary N) is 1. The zero-order valence-electron chi connectivity index (χ0n) is 14.8. The molecule has 0 saturated heterocycles. The van der Waals surface area contributed by atoms with Crippen LogP contribution in [0, 0.1) is 18.3 Å². The van der Waals surface area contributed by atoms with Gasteiger partial charge in [-0.2, -0.15) is 9.98 Å². The molecule has 7 heteroatoms. The number of methoxy groups -OCH3 is 2. The highest BCUT2D eigenvalue weighted by molar-refractivity contribution is 7.89. The molecule has 1 atom stereocenters. The fourth-order valence-electron chi connectivity index (χ4n) is 2.39. The Morgan fingerprint density at radius 1 is 1.15 bits per heavy atom. The van der Waals surface area contributed by atoms with Gasteiger partial charge in [-0.15, -0.1) is 0 Å². The maximum Gasteiger partial charge on any atom is 0.241 e. The molecule has 0 aliphatic heterocycles. The number of aryl methyl sites for hydroxylation is 1. The molecular formula is C19H20N2O4S. The van der Waals surface area contributed by atoms with Crippen LogP contribution in [0.2, 0.25) is 0 Å². The summed E-state index contributed by atoms with van der Waals surface area (Å²) in [6.45, 7) is 5.55. The topological polar surface area (TPSA) is 88.4 Å². The van der Waals surface area contributed by atoms with E-state index in [0.29, 0.717) is 17.1 Å². The highest BCUT2D eigenvalue weighted by Crippen LogP contribution is 2.33. The molecule has 0 amide bonds. The van der Waals surface area contributed by atoms with Crippen molar-refractivity contribution in [3.63, 3.8) is 0 Å². The van der Waals surface area contributed by atoms with Crippen molar-refractivity contribution in [3.05, 3.63) is 65.7 Å². The van der Waals surface area contributed by atoms with Crippen LogP contribution in [0.5, 0.6) is 11.5 Å². The van der Waals surface area contributed by atoms with Gasteiger partial charge >= 0.3 is 0 Å². The number of nitrogens with zero attached hydrogens (tertiary/aromatic N) is 1. The van der Waals surface area contributed by atoms with Crippen LogP contribution >= 0.6 is 0 Å². The Morgan fingerprint density at radius 3 is 2.35 bits per heavy atom. The third-order valence-corrected chi connectivity index (χ3v) is 5.28.